The van der Waals surface area contributed by atoms with Crippen molar-refractivity contribution in [2.45, 2.75) is 6.04 Å². The Balaban J connectivity index is 2.25. The van der Waals surface area contributed by atoms with Crippen molar-refractivity contribution < 1.29 is 9.53 Å². The van der Waals surface area contributed by atoms with E-state index in [1.54, 1.807) is 13.2 Å². The van der Waals surface area contributed by atoms with Crippen LogP contribution in [0.25, 0.3) is 0 Å². The van der Waals surface area contributed by atoms with E-state index in [0.29, 0.717) is 17.3 Å². The summed E-state index contributed by atoms with van der Waals surface area (Å²) >= 11 is 6.08. The minimum absolute atomic E-state index is 0.0593. The number of ether oxygens (including phenoxy) is 1. The Hall–Kier alpha value is -1.42. The number of amides is 2. The highest BCUT2D eigenvalue weighted by atomic mass is 35.5. The molecule has 1 unspecified atom stereocenters. The van der Waals surface area contributed by atoms with E-state index in [2.05, 4.69) is 10.6 Å². The third-order valence-corrected chi connectivity index (χ3v) is 2.68. The Morgan fingerprint density at radius 2 is 2.33 bits per heavy atom. The molecule has 0 bridgehead atoms. The Kier molecular flexibility index (Phi) is 2.68. The van der Waals surface area contributed by atoms with Crippen molar-refractivity contribution in [2.75, 3.05) is 13.7 Å². The first-order chi connectivity index (χ1) is 7.20. The predicted molar refractivity (Wildman–Crippen MR) is 57.3 cm³/mol. The van der Waals surface area contributed by atoms with Gasteiger partial charge in [-0.1, -0.05) is 17.7 Å². The standard InChI is InChI=1S/C10H11ClN2O2/c1-15-6-2-3-7(8(11)4-6)9-5-12-10(14)13-9/h2-4,9H,5H2,1H3,(H2,12,13,14). The molecule has 0 spiro atoms. The number of carbonyl (C=O) groups excluding carboxylic acids is 1. The maximum Gasteiger partial charge on any atom is 0.315 e. The number of halogens is 1. The molecule has 0 aromatic heterocycles. The van der Waals surface area contributed by atoms with Crippen LogP contribution in [0.3, 0.4) is 0 Å². The van der Waals surface area contributed by atoms with Gasteiger partial charge < -0.3 is 15.4 Å². The van der Waals surface area contributed by atoms with Crippen LogP contribution in [-0.4, -0.2) is 19.7 Å². The Labute approximate surface area is 92.6 Å². The second kappa shape index (κ2) is 3.98. The molecule has 1 atom stereocenters. The van der Waals surface area contributed by atoms with Crippen molar-refractivity contribution in [1.82, 2.24) is 10.6 Å². The van der Waals surface area contributed by atoms with Crippen LogP contribution in [0.2, 0.25) is 5.02 Å². The lowest BCUT2D eigenvalue weighted by Gasteiger charge is -2.11. The molecule has 15 heavy (non-hydrogen) atoms. The molecule has 2 N–H and O–H groups in total. The van der Waals surface area contributed by atoms with E-state index in [0.717, 1.165) is 5.56 Å². The molecule has 1 aliphatic heterocycles. The fraction of sp³-hybridized carbons (Fsp3) is 0.300. The van der Waals surface area contributed by atoms with Gasteiger partial charge in [-0.2, -0.15) is 0 Å². The zero-order valence-corrected chi connectivity index (χ0v) is 8.97. The van der Waals surface area contributed by atoms with Crippen LogP contribution in [0.4, 0.5) is 4.79 Å². The van der Waals surface area contributed by atoms with Crippen molar-refractivity contribution in [1.29, 1.82) is 0 Å². The molecule has 80 valence electrons. The number of urea groups is 1. The maximum atomic E-state index is 11.0. The third-order valence-electron chi connectivity index (χ3n) is 2.36. The van der Waals surface area contributed by atoms with E-state index in [1.807, 2.05) is 12.1 Å². The SMILES string of the molecule is COc1ccc(C2CNC(=O)N2)c(Cl)c1. The van der Waals surface area contributed by atoms with E-state index in [9.17, 15) is 4.79 Å². The number of hydrogen-bond donors (Lipinski definition) is 2. The van der Waals surface area contributed by atoms with Crippen LogP contribution < -0.4 is 15.4 Å². The second-order valence-corrected chi connectivity index (χ2v) is 3.70. The van der Waals surface area contributed by atoms with Crippen molar-refractivity contribution in [3.8, 4) is 5.75 Å². The van der Waals surface area contributed by atoms with Gasteiger partial charge in [0, 0.05) is 11.6 Å². The summed E-state index contributed by atoms with van der Waals surface area (Å²) in [5, 5.41) is 6.06. The molecule has 2 rings (SSSR count). The Bertz CT molecular complexity index is 395. The molecule has 2 amide bonds. The van der Waals surface area contributed by atoms with Gasteiger partial charge in [-0.05, 0) is 17.7 Å². The van der Waals surface area contributed by atoms with Gasteiger partial charge in [0.1, 0.15) is 5.75 Å². The molecule has 5 heteroatoms. The van der Waals surface area contributed by atoms with E-state index in [4.69, 9.17) is 16.3 Å². The quantitative estimate of drug-likeness (QED) is 0.807. The average Bonchev–Trinajstić information content (AvgIpc) is 2.64. The minimum Gasteiger partial charge on any atom is -0.497 e. The normalized spacial score (nSPS) is 19.6. The largest absolute Gasteiger partial charge is 0.497 e. The van der Waals surface area contributed by atoms with Crippen molar-refractivity contribution in [2.24, 2.45) is 0 Å². The van der Waals surface area contributed by atoms with Crippen molar-refractivity contribution in [3.05, 3.63) is 28.8 Å². The monoisotopic (exact) mass is 226 g/mol. The molecule has 0 saturated carbocycles. The van der Waals surface area contributed by atoms with Crippen molar-refractivity contribution >= 4 is 17.6 Å². The second-order valence-electron chi connectivity index (χ2n) is 3.29. The fourth-order valence-electron chi connectivity index (χ4n) is 1.56. The Morgan fingerprint density at radius 1 is 1.53 bits per heavy atom. The van der Waals surface area contributed by atoms with Gasteiger partial charge in [0.25, 0.3) is 0 Å². The van der Waals surface area contributed by atoms with Crippen LogP contribution >= 0.6 is 11.6 Å². The van der Waals surface area contributed by atoms with E-state index < -0.39 is 0 Å². The van der Waals surface area contributed by atoms with Crippen LogP contribution in [0.1, 0.15) is 11.6 Å². The zero-order valence-electron chi connectivity index (χ0n) is 8.21. The molecular formula is C10H11ClN2O2. The number of carbonyl (C=O) groups is 1. The van der Waals surface area contributed by atoms with Gasteiger partial charge in [0.15, 0.2) is 0 Å². The van der Waals surface area contributed by atoms with Gasteiger partial charge in [-0.3, -0.25) is 0 Å². The van der Waals surface area contributed by atoms with Gasteiger partial charge in [-0.25, -0.2) is 4.79 Å². The number of benzene rings is 1. The average molecular weight is 227 g/mol. The molecular weight excluding hydrogens is 216 g/mol. The lowest BCUT2D eigenvalue weighted by atomic mass is 10.1. The van der Waals surface area contributed by atoms with Crippen LogP contribution in [0.5, 0.6) is 5.75 Å². The summed E-state index contributed by atoms with van der Waals surface area (Å²) in [6.07, 6.45) is 0. The van der Waals surface area contributed by atoms with Crippen LogP contribution in [0, 0.1) is 0 Å². The molecule has 1 saturated heterocycles. The van der Waals surface area contributed by atoms with Gasteiger partial charge in [0.2, 0.25) is 0 Å². The van der Waals surface area contributed by atoms with Crippen molar-refractivity contribution in [3.63, 3.8) is 0 Å². The van der Waals surface area contributed by atoms with Gasteiger partial charge in [-0.15, -0.1) is 0 Å². The fourth-order valence-corrected chi connectivity index (χ4v) is 1.86. The first-order valence-electron chi connectivity index (χ1n) is 4.58. The molecule has 0 radical (unpaired) electrons. The number of rotatable bonds is 2. The first-order valence-corrected chi connectivity index (χ1v) is 4.96. The predicted octanol–water partition coefficient (Wildman–Crippen LogP) is 1.70. The summed E-state index contributed by atoms with van der Waals surface area (Å²) in [6.45, 7) is 0.560. The minimum atomic E-state index is -0.160. The van der Waals surface area contributed by atoms with Crippen LogP contribution in [-0.2, 0) is 0 Å². The summed E-state index contributed by atoms with van der Waals surface area (Å²) in [7, 11) is 1.59. The van der Waals surface area contributed by atoms with Crippen LogP contribution in [0.15, 0.2) is 18.2 Å². The molecule has 1 aromatic rings. The molecule has 4 nitrogen and oxygen atoms in total. The topological polar surface area (TPSA) is 50.4 Å². The Morgan fingerprint density at radius 3 is 2.87 bits per heavy atom. The summed E-state index contributed by atoms with van der Waals surface area (Å²) in [5.74, 6) is 0.709. The number of methoxy groups -OCH3 is 1. The third kappa shape index (κ3) is 1.99. The lowest BCUT2D eigenvalue weighted by Crippen LogP contribution is -2.21. The molecule has 1 aromatic carbocycles. The van der Waals surface area contributed by atoms with Gasteiger partial charge in [0.05, 0.1) is 13.2 Å². The van der Waals surface area contributed by atoms with E-state index in [1.165, 1.54) is 0 Å². The number of hydrogen-bond acceptors (Lipinski definition) is 2. The van der Waals surface area contributed by atoms with E-state index in [-0.39, 0.29) is 12.1 Å². The maximum absolute atomic E-state index is 11.0. The summed E-state index contributed by atoms with van der Waals surface area (Å²) in [6, 6.07) is 5.20. The lowest BCUT2D eigenvalue weighted by molar-refractivity contribution is 0.247. The smallest absolute Gasteiger partial charge is 0.315 e. The number of nitrogens with one attached hydrogen (secondary N) is 2. The highest BCUT2D eigenvalue weighted by molar-refractivity contribution is 6.31. The first kappa shape index (κ1) is 10.1. The highest BCUT2D eigenvalue weighted by Gasteiger charge is 2.23. The summed E-state index contributed by atoms with van der Waals surface area (Å²) in [5.41, 5.74) is 0.899. The zero-order chi connectivity index (χ0) is 10.8. The summed E-state index contributed by atoms with van der Waals surface area (Å²) in [4.78, 5) is 11.0. The molecule has 1 fully saturated rings. The molecule has 0 aliphatic carbocycles. The summed E-state index contributed by atoms with van der Waals surface area (Å²) < 4.78 is 5.05. The highest BCUT2D eigenvalue weighted by Crippen LogP contribution is 2.28. The molecule has 1 aliphatic rings. The van der Waals surface area contributed by atoms with E-state index >= 15 is 0 Å². The molecule has 1 heterocycles. The van der Waals surface area contributed by atoms with Gasteiger partial charge >= 0.3 is 6.03 Å².